The van der Waals surface area contributed by atoms with Gasteiger partial charge in [0.15, 0.2) is 0 Å². The topological polar surface area (TPSA) is 208 Å². The van der Waals surface area contributed by atoms with Crippen molar-refractivity contribution in [3.63, 3.8) is 0 Å². The van der Waals surface area contributed by atoms with Crippen molar-refractivity contribution in [2.45, 2.75) is 307 Å². The SMILES string of the molecule is C.C#CC#CC#CC#CC.CC(=O)[C@H]1CC[C@H]2[C@@H]3CC[C@H]4C[C@](C)(O)CC[C@]4(CO)[C@H]3CC[C@]12C.CCCC(=O)OC[C@]12CC[C@@](C)(O)C[C@@H]1CC[C@H]1[C@@H]3CC[C@H](C(C)=O)[C@@]3(C)CC[C@@H]12.CCN=C=O.CC[C@]12CC[C@@](C)(O)C[C@@H]1CC[C@H]1[C@@H]3CC[C@H](C(C)=O)[C@@]3(C)CC[C@@H]12.CO. The zero-order chi connectivity index (χ0) is 70.9. The second kappa shape index (κ2) is 33.8. The molecule has 0 aromatic heterocycles. The Labute approximate surface area is 588 Å². The van der Waals surface area contributed by atoms with Gasteiger partial charge in [0.25, 0.3) is 0 Å². The van der Waals surface area contributed by atoms with Crippen LogP contribution in [0.3, 0.4) is 0 Å². The summed E-state index contributed by atoms with van der Waals surface area (Å²) < 4.78 is 5.92. The molecular formula is C85H133NO11. The highest BCUT2D eigenvalue weighted by atomic mass is 16.5. The van der Waals surface area contributed by atoms with Gasteiger partial charge in [-0.1, -0.05) is 48.0 Å². The van der Waals surface area contributed by atoms with Crippen LogP contribution in [-0.4, -0.2) is 98.6 Å². The van der Waals surface area contributed by atoms with Gasteiger partial charge in [-0.25, -0.2) is 9.79 Å². The summed E-state index contributed by atoms with van der Waals surface area (Å²) >= 11 is 0. The second-order valence-electron chi connectivity index (χ2n) is 34.6. The van der Waals surface area contributed by atoms with Crippen LogP contribution in [0.2, 0.25) is 0 Å². The lowest BCUT2D eigenvalue weighted by Gasteiger charge is -2.63. The minimum absolute atomic E-state index is 0. The standard InChI is InChI=1S/C26H42O4.C23H38O2.C22H36O3.C9H4.C3H5NO.CH4O.CH4/c1-5-6-23(28)30-16-26-14-13-24(3,29)15-18(26)7-8-19-21-10-9-20(17(2)27)25(21,4)12-11-22(19)26;1-5-23-13-12-21(3,25)14-16(23)6-7-17-19-9-8-18(15(2)24)22(19,4)11-10-20(17)23;1-14(24)17-6-7-18-16-5-4-15-12-20(2,25)10-11-22(15,13-23)19(16)8-9-21(17,18)3;1-3-5-7-9-8-6-4-2;1-2-4-3-5;1-2;/h18-22,29H,5-16H2,1-4H3;16-20,25H,5-14H2,1-4H3;15-19,23,25H,4-13H2,1-3H3;1H,2H3;2H2,1H3;2H,1H3;1H4/t18-,19-,20+,21-,22-,24+,25+,26+;16-,17-,18+,19-,20-,21+,22+,23-;15-,16-,17+,18-,19-,20+,21+,22+;;;;/m000..../s1. The van der Waals surface area contributed by atoms with Gasteiger partial charge in [0, 0.05) is 49.9 Å². The third kappa shape index (κ3) is 16.7. The summed E-state index contributed by atoms with van der Waals surface area (Å²) in [5.41, 5.74) is -0.443. The molecule has 0 spiro atoms. The van der Waals surface area contributed by atoms with E-state index in [-0.39, 0.29) is 58.9 Å². The van der Waals surface area contributed by atoms with Gasteiger partial charge < -0.3 is 30.3 Å². The molecule has 12 heteroatoms. The van der Waals surface area contributed by atoms with E-state index in [1.807, 2.05) is 27.7 Å². The molecule has 12 aliphatic carbocycles. The minimum Gasteiger partial charge on any atom is -0.465 e. The molecule has 12 nitrogen and oxygen atoms in total. The second-order valence-corrected chi connectivity index (χ2v) is 34.6. The van der Waals surface area contributed by atoms with Crippen molar-refractivity contribution >= 4 is 29.4 Å². The third-order valence-corrected chi connectivity index (χ3v) is 30.0. The van der Waals surface area contributed by atoms with E-state index >= 15 is 0 Å². The summed E-state index contributed by atoms with van der Waals surface area (Å²) in [6.45, 7) is 27.9. The highest BCUT2D eigenvalue weighted by molar-refractivity contribution is 5.80. The van der Waals surface area contributed by atoms with Gasteiger partial charge >= 0.3 is 5.97 Å². The molecule has 0 aromatic carbocycles. The minimum atomic E-state index is -0.593. The van der Waals surface area contributed by atoms with Crippen molar-refractivity contribution in [3.8, 4) is 47.9 Å². The maximum atomic E-state index is 12.4. The lowest BCUT2D eigenvalue weighted by atomic mass is 9.42. The van der Waals surface area contributed by atoms with Crippen LogP contribution >= 0.6 is 0 Å². The fourth-order valence-electron chi connectivity index (χ4n) is 25.8. The molecule has 0 radical (unpaired) electrons. The fraction of sp³-hybridized carbons (Fsp3) is 0.847. The Balaban J connectivity index is 0.000000206. The number of esters is 1. The summed E-state index contributed by atoms with van der Waals surface area (Å²) in [5.74, 6) is 26.7. The van der Waals surface area contributed by atoms with E-state index in [0.717, 1.165) is 140 Å². The molecule has 0 amide bonds. The Morgan fingerprint density at radius 1 is 0.485 bits per heavy atom. The zero-order valence-corrected chi connectivity index (χ0v) is 62.2. The summed E-state index contributed by atoms with van der Waals surface area (Å²) in [5, 5.41) is 49.6. The number of nitrogens with zero attached hydrogens (tertiary/aromatic N) is 1. The van der Waals surface area contributed by atoms with E-state index in [4.69, 9.17) is 21.1 Å². The van der Waals surface area contributed by atoms with E-state index in [1.165, 1.54) is 83.1 Å². The van der Waals surface area contributed by atoms with E-state index in [1.54, 1.807) is 27.7 Å². The molecule has 12 rings (SSSR count). The van der Waals surface area contributed by atoms with Gasteiger partial charge in [0.05, 0.1) is 23.4 Å². The molecule has 0 aliphatic heterocycles. The van der Waals surface area contributed by atoms with Crippen molar-refractivity contribution in [2.75, 3.05) is 26.9 Å². The molecule has 12 aliphatic rings. The molecule has 5 N–H and O–H groups in total. The molecule has 24 atom stereocenters. The number of ketones is 3. The molecule has 544 valence electrons. The molecule has 97 heavy (non-hydrogen) atoms. The quantitative estimate of drug-likeness (QED) is 0.0602. The molecule has 0 bridgehead atoms. The van der Waals surface area contributed by atoms with Crippen molar-refractivity contribution < 1.29 is 54.2 Å². The van der Waals surface area contributed by atoms with Crippen LogP contribution in [0.1, 0.15) is 290 Å². The van der Waals surface area contributed by atoms with Crippen LogP contribution < -0.4 is 0 Å². The largest absolute Gasteiger partial charge is 0.465 e. The van der Waals surface area contributed by atoms with Gasteiger partial charge in [-0.2, -0.15) is 0 Å². The van der Waals surface area contributed by atoms with Crippen LogP contribution in [0.15, 0.2) is 4.99 Å². The van der Waals surface area contributed by atoms with Gasteiger partial charge in [0.1, 0.15) is 17.3 Å². The number of ether oxygens (including phenoxy) is 1. The van der Waals surface area contributed by atoms with E-state index in [0.29, 0.717) is 95.6 Å². The van der Waals surface area contributed by atoms with E-state index in [9.17, 15) is 39.6 Å². The maximum absolute atomic E-state index is 12.4. The normalized spacial score (nSPS) is 43.9. The highest BCUT2D eigenvalue weighted by Crippen LogP contribution is 2.72. The van der Waals surface area contributed by atoms with Crippen LogP contribution in [0, 0.1) is 169 Å². The number of Topliss-reactive ketones (excluding diaryl/α,β-unsaturated/α-hetero) is 3. The summed E-state index contributed by atoms with van der Waals surface area (Å²) in [7, 11) is 1.00. The first-order chi connectivity index (χ1) is 45.4. The number of terminal acetylenes is 1. The zero-order valence-electron chi connectivity index (χ0n) is 62.2. The first kappa shape index (κ1) is 81.9. The summed E-state index contributed by atoms with van der Waals surface area (Å²) in [6.07, 6.45) is 38.7. The Bertz CT molecular complexity index is 2890. The first-order valence-electron chi connectivity index (χ1n) is 38.2. The van der Waals surface area contributed by atoms with Gasteiger partial charge in [0.2, 0.25) is 6.08 Å². The average molecular weight is 1340 g/mol. The number of aliphatic imine (C=N–C) groups is 1. The Morgan fingerprint density at radius 3 is 1.20 bits per heavy atom. The lowest BCUT2D eigenvalue weighted by Crippen LogP contribution is -2.58. The number of aliphatic hydroxyl groups excluding tert-OH is 2. The monoisotopic (exact) mass is 1340 g/mol. The Kier molecular flexibility index (Phi) is 28.5. The third-order valence-electron chi connectivity index (χ3n) is 30.0. The Morgan fingerprint density at radius 2 is 0.845 bits per heavy atom. The van der Waals surface area contributed by atoms with E-state index < -0.39 is 16.8 Å². The molecule has 0 heterocycles. The molecule has 0 aromatic rings. The average Bonchev–Trinajstić information content (AvgIpc) is 1.72. The number of hydrogen-bond donors (Lipinski definition) is 5. The van der Waals surface area contributed by atoms with Gasteiger partial charge in [-0.05, 0) is 375 Å². The van der Waals surface area contributed by atoms with Crippen molar-refractivity contribution in [2.24, 2.45) is 126 Å². The van der Waals surface area contributed by atoms with Crippen LogP contribution in [-0.2, 0) is 28.7 Å². The number of fused-ring (bicyclic) bond motifs is 15. The maximum Gasteiger partial charge on any atom is 0.305 e. The molecular weight excluding hydrogens is 1210 g/mol. The van der Waals surface area contributed by atoms with Crippen molar-refractivity contribution in [3.05, 3.63) is 0 Å². The molecule has 12 fully saturated rings. The predicted octanol–water partition coefficient (Wildman–Crippen LogP) is 15.9. The van der Waals surface area contributed by atoms with E-state index in [2.05, 4.69) is 81.1 Å². The van der Waals surface area contributed by atoms with Crippen molar-refractivity contribution in [1.29, 1.82) is 0 Å². The van der Waals surface area contributed by atoms with Crippen LogP contribution in [0.5, 0.6) is 0 Å². The van der Waals surface area contributed by atoms with Gasteiger partial charge in [-0.3, -0.25) is 19.2 Å². The van der Waals surface area contributed by atoms with Crippen LogP contribution in [0.4, 0.5) is 0 Å². The number of isocyanates is 1. The van der Waals surface area contributed by atoms with Crippen LogP contribution in [0.25, 0.3) is 0 Å². The molecule has 0 unspecified atom stereocenters. The number of rotatable bonds is 10. The Hall–Kier alpha value is -4.10. The molecule has 0 saturated heterocycles. The number of carbonyl (C=O) groups is 4. The highest BCUT2D eigenvalue weighted by Gasteiger charge is 2.66. The summed E-state index contributed by atoms with van der Waals surface area (Å²) in [6, 6.07) is 0. The smallest absolute Gasteiger partial charge is 0.305 e. The summed E-state index contributed by atoms with van der Waals surface area (Å²) in [4.78, 5) is 61.4. The number of hydrogen-bond acceptors (Lipinski definition) is 12. The number of carbonyl (C=O) groups excluding carboxylic acids is 5. The lowest BCUT2D eigenvalue weighted by molar-refractivity contribution is -0.185. The predicted molar refractivity (Wildman–Crippen MR) is 387 cm³/mol. The number of aliphatic hydroxyl groups is 5. The first-order valence-corrected chi connectivity index (χ1v) is 38.2. The van der Waals surface area contributed by atoms with Gasteiger partial charge in [-0.15, -0.1) is 6.42 Å². The molecule has 12 saturated carbocycles. The van der Waals surface area contributed by atoms with Crippen molar-refractivity contribution in [1.82, 2.24) is 0 Å². The fourth-order valence-corrected chi connectivity index (χ4v) is 25.8.